The number of benzene rings is 1. The van der Waals surface area contributed by atoms with Crippen LogP contribution in [0.1, 0.15) is 48.5 Å². The lowest BCUT2D eigenvalue weighted by Gasteiger charge is -2.39. The second-order valence-corrected chi connectivity index (χ2v) is 7.06. The Hall–Kier alpha value is -2.65. The molecule has 1 N–H and O–H groups in total. The minimum absolute atomic E-state index is 0.0371. The average molecular weight is 351 g/mol. The Kier molecular flexibility index (Phi) is 5.38. The molecule has 1 aromatic heterocycles. The number of aryl methyl sites for hydroxylation is 1. The van der Waals surface area contributed by atoms with Gasteiger partial charge in [-0.2, -0.15) is 10.4 Å². The predicted octanol–water partition coefficient (Wildman–Crippen LogP) is 2.55. The van der Waals surface area contributed by atoms with E-state index in [-0.39, 0.29) is 18.0 Å². The summed E-state index contributed by atoms with van der Waals surface area (Å²) in [5.74, 6) is 0.508. The summed E-state index contributed by atoms with van der Waals surface area (Å²) in [6.45, 7) is 2.91. The first kappa shape index (κ1) is 18.2. The largest absolute Gasteiger partial charge is 0.338 e. The summed E-state index contributed by atoms with van der Waals surface area (Å²) in [4.78, 5) is 14.1. The molecule has 1 amide bonds. The van der Waals surface area contributed by atoms with Crippen molar-refractivity contribution in [3.63, 3.8) is 0 Å². The SMILES string of the molecule is CC(NC[C@H]1CCC(=O)N(C)[C@@H]1c1cnn(C)c1)c1cccc(C#N)c1. The number of carbonyl (C=O) groups excluding carboxylic acids is 1. The zero-order chi connectivity index (χ0) is 18.7. The first-order valence-electron chi connectivity index (χ1n) is 8.97. The van der Waals surface area contributed by atoms with E-state index in [9.17, 15) is 4.79 Å². The lowest BCUT2D eigenvalue weighted by Crippen LogP contribution is -2.43. The third-order valence-corrected chi connectivity index (χ3v) is 5.25. The molecule has 26 heavy (non-hydrogen) atoms. The molecule has 2 aromatic rings. The van der Waals surface area contributed by atoms with Crippen molar-refractivity contribution in [1.29, 1.82) is 5.26 Å². The number of nitriles is 1. The van der Waals surface area contributed by atoms with E-state index in [2.05, 4.69) is 23.4 Å². The van der Waals surface area contributed by atoms with Crippen molar-refractivity contribution >= 4 is 5.91 Å². The maximum atomic E-state index is 12.2. The van der Waals surface area contributed by atoms with Crippen LogP contribution in [0.5, 0.6) is 0 Å². The molecule has 6 heteroatoms. The number of piperidine rings is 1. The first-order valence-corrected chi connectivity index (χ1v) is 8.97. The molecule has 0 saturated carbocycles. The van der Waals surface area contributed by atoms with Gasteiger partial charge in [-0.1, -0.05) is 12.1 Å². The highest BCUT2D eigenvalue weighted by Gasteiger charge is 2.35. The number of rotatable bonds is 5. The third kappa shape index (κ3) is 3.78. The summed E-state index contributed by atoms with van der Waals surface area (Å²) in [6.07, 6.45) is 5.29. The minimum atomic E-state index is 0.0371. The molecule has 1 saturated heterocycles. The van der Waals surface area contributed by atoms with E-state index in [4.69, 9.17) is 5.26 Å². The minimum Gasteiger partial charge on any atom is -0.338 e. The van der Waals surface area contributed by atoms with Crippen LogP contribution in [0.3, 0.4) is 0 Å². The number of carbonyl (C=O) groups is 1. The molecule has 3 rings (SSSR count). The number of nitrogens with one attached hydrogen (secondary N) is 1. The van der Waals surface area contributed by atoms with Gasteiger partial charge in [0, 0.05) is 44.9 Å². The summed E-state index contributed by atoms with van der Waals surface area (Å²) in [7, 11) is 3.78. The van der Waals surface area contributed by atoms with Crippen molar-refractivity contribution < 1.29 is 4.79 Å². The normalized spacial score (nSPS) is 21.5. The number of aromatic nitrogens is 2. The lowest BCUT2D eigenvalue weighted by atomic mass is 9.85. The molecule has 0 radical (unpaired) electrons. The van der Waals surface area contributed by atoms with E-state index >= 15 is 0 Å². The molecule has 1 aliphatic rings. The van der Waals surface area contributed by atoms with Crippen molar-refractivity contribution in [3.05, 3.63) is 53.3 Å². The Morgan fingerprint density at radius 2 is 2.23 bits per heavy atom. The van der Waals surface area contributed by atoms with E-state index in [0.29, 0.717) is 17.9 Å². The number of amides is 1. The standard InChI is InChI=1S/C20H25N5O/c1-14(16-6-4-5-15(9-16)10-21)22-11-17-7-8-19(26)25(3)20(17)18-12-23-24(2)13-18/h4-6,9,12-14,17,20,22H,7-8,11H2,1-3H3/t14?,17-,20+/m1/s1. The maximum Gasteiger partial charge on any atom is 0.222 e. The molecular formula is C20H25N5O. The van der Waals surface area contributed by atoms with Gasteiger partial charge in [0.25, 0.3) is 0 Å². The zero-order valence-electron chi connectivity index (χ0n) is 15.5. The second-order valence-electron chi connectivity index (χ2n) is 7.06. The van der Waals surface area contributed by atoms with Crippen molar-refractivity contribution in [2.24, 2.45) is 13.0 Å². The number of hydrogen-bond acceptors (Lipinski definition) is 4. The highest BCUT2D eigenvalue weighted by molar-refractivity contribution is 5.77. The van der Waals surface area contributed by atoms with Crippen LogP contribution < -0.4 is 5.32 Å². The molecule has 3 atom stereocenters. The molecule has 1 fully saturated rings. The second kappa shape index (κ2) is 7.71. The molecule has 6 nitrogen and oxygen atoms in total. The summed E-state index contributed by atoms with van der Waals surface area (Å²) in [5.41, 5.74) is 2.85. The Morgan fingerprint density at radius 3 is 2.92 bits per heavy atom. The summed E-state index contributed by atoms with van der Waals surface area (Å²) in [5, 5.41) is 16.9. The Morgan fingerprint density at radius 1 is 1.42 bits per heavy atom. The smallest absolute Gasteiger partial charge is 0.222 e. The predicted molar refractivity (Wildman–Crippen MR) is 99.0 cm³/mol. The van der Waals surface area contributed by atoms with Gasteiger partial charge in [0.2, 0.25) is 5.91 Å². The van der Waals surface area contributed by atoms with Gasteiger partial charge >= 0.3 is 0 Å². The molecule has 1 unspecified atom stereocenters. The lowest BCUT2D eigenvalue weighted by molar-refractivity contribution is -0.137. The monoisotopic (exact) mass is 351 g/mol. The van der Waals surface area contributed by atoms with Crippen molar-refractivity contribution in [1.82, 2.24) is 20.0 Å². The average Bonchev–Trinajstić information content (AvgIpc) is 3.08. The van der Waals surface area contributed by atoms with Gasteiger partial charge in [0.05, 0.1) is 23.9 Å². The van der Waals surface area contributed by atoms with E-state index < -0.39 is 0 Å². The van der Waals surface area contributed by atoms with Crippen LogP contribution in [0.15, 0.2) is 36.7 Å². The van der Waals surface area contributed by atoms with Crippen LogP contribution >= 0.6 is 0 Å². The van der Waals surface area contributed by atoms with Gasteiger partial charge in [-0.3, -0.25) is 9.48 Å². The molecule has 0 aliphatic carbocycles. The van der Waals surface area contributed by atoms with Crippen molar-refractivity contribution in [2.75, 3.05) is 13.6 Å². The molecule has 136 valence electrons. The fourth-order valence-corrected chi connectivity index (χ4v) is 3.74. The van der Waals surface area contributed by atoms with Crippen LogP contribution in [0.2, 0.25) is 0 Å². The molecule has 0 spiro atoms. The van der Waals surface area contributed by atoms with E-state index in [1.165, 1.54) is 0 Å². The quantitative estimate of drug-likeness (QED) is 0.898. The van der Waals surface area contributed by atoms with Crippen LogP contribution in [0.4, 0.5) is 0 Å². The van der Waals surface area contributed by atoms with Crippen LogP contribution in [-0.4, -0.2) is 34.2 Å². The Bertz CT molecular complexity index is 822. The summed E-state index contributed by atoms with van der Waals surface area (Å²) in [6, 6.07) is 10.1. The number of nitrogens with zero attached hydrogens (tertiary/aromatic N) is 4. The van der Waals surface area contributed by atoms with Crippen LogP contribution in [0, 0.1) is 17.2 Å². The topological polar surface area (TPSA) is 74.0 Å². The van der Waals surface area contributed by atoms with Crippen molar-refractivity contribution in [3.8, 4) is 6.07 Å². The molecule has 0 bridgehead atoms. The summed E-state index contributed by atoms with van der Waals surface area (Å²) < 4.78 is 1.78. The van der Waals surface area contributed by atoms with Gasteiger partial charge in [0.15, 0.2) is 0 Å². The fourth-order valence-electron chi connectivity index (χ4n) is 3.74. The van der Waals surface area contributed by atoms with Gasteiger partial charge in [0.1, 0.15) is 0 Å². The van der Waals surface area contributed by atoms with E-state index in [1.807, 2.05) is 55.7 Å². The fraction of sp³-hybridized carbons (Fsp3) is 0.450. The molecule has 1 aromatic carbocycles. The van der Waals surface area contributed by atoms with Crippen molar-refractivity contribution in [2.45, 2.75) is 31.8 Å². The Balaban J connectivity index is 1.72. The molecule has 2 heterocycles. The number of likely N-dealkylation sites (tertiary alicyclic amines) is 1. The van der Waals surface area contributed by atoms with E-state index in [1.54, 1.807) is 4.68 Å². The first-order chi connectivity index (χ1) is 12.5. The highest BCUT2D eigenvalue weighted by Crippen LogP contribution is 2.35. The van der Waals surface area contributed by atoms with Gasteiger partial charge in [-0.25, -0.2) is 0 Å². The summed E-state index contributed by atoms with van der Waals surface area (Å²) >= 11 is 0. The zero-order valence-corrected chi connectivity index (χ0v) is 15.5. The maximum absolute atomic E-state index is 12.2. The van der Waals surface area contributed by atoms with Gasteiger partial charge in [-0.15, -0.1) is 0 Å². The highest BCUT2D eigenvalue weighted by atomic mass is 16.2. The number of hydrogen-bond donors (Lipinski definition) is 1. The third-order valence-electron chi connectivity index (χ3n) is 5.25. The van der Waals surface area contributed by atoms with E-state index in [0.717, 1.165) is 24.1 Å². The van der Waals surface area contributed by atoms with Gasteiger partial charge < -0.3 is 10.2 Å². The van der Waals surface area contributed by atoms with Crippen LogP contribution in [-0.2, 0) is 11.8 Å². The Labute approximate surface area is 154 Å². The molecular weight excluding hydrogens is 326 g/mol. The van der Waals surface area contributed by atoms with Gasteiger partial charge in [-0.05, 0) is 37.0 Å². The molecule has 1 aliphatic heterocycles. The van der Waals surface area contributed by atoms with Crippen LogP contribution in [0.25, 0.3) is 0 Å².